The minimum Gasteiger partial charge on any atom is -0.480 e. The van der Waals surface area contributed by atoms with Gasteiger partial charge in [0.05, 0.1) is 6.61 Å². The third kappa shape index (κ3) is 2.57. The van der Waals surface area contributed by atoms with Crippen LogP contribution in [0.5, 0.6) is 0 Å². The molecule has 2 N–H and O–H groups in total. The Balaban J connectivity index is 4.41. The number of aliphatic carboxylic acids is 2. The Morgan fingerprint density at radius 2 is 1.67 bits per heavy atom. The number of esters is 1. The first-order chi connectivity index (χ1) is 5.50. The van der Waals surface area contributed by atoms with Gasteiger partial charge in [0.25, 0.3) is 0 Å². The van der Waals surface area contributed by atoms with E-state index in [4.69, 9.17) is 10.2 Å². The van der Waals surface area contributed by atoms with Crippen molar-refractivity contribution >= 4 is 17.9 Å². The molecule has 0 aliphatic heterocycles. The maximum absolute atomic E-state index is 10.6. The van der Waals surface area contributed by atoms with Crippen LogP contribution in [-0.2, 0) is 19.1 Å². The fourth-order valence-electron chi connectivity index (χ4n) is 0.533. The molecule has 0 saturated heterocycles. The van der Waals surface area contributed by atoms with Crippen LogP contribution in [0.3, 0.4) is 0 Å². The van der Waals surface area contributed by atoms with Crippen LogP contribution in [0, 0.1) is 5.92 Å². The molecule has 0 atom stereocenters. The number of carbonyl (C=O) groups excluding carboxylic acids is 1. The molecular formula is C6H8O6. The van der Waals surface area contributed by atoms with E-state index in [0.29, 0.717) is 0 Å². The molecular weight excluding hydrogens is 168 g/mol. The van der Waals surface area contributed by atoms with Crippen molar-refractivity contribution in [2.24, 2.45) is 5.92 Å². The molecule has 0 amide bonds. The van der Waals surface area contributed by atoms with Gasteiger partial charge in [-0.15, -0.1) is 0 Å². The van der Waals surface area contributed by atoms with Crippen LogP contribution < -0.4 is 0 Å². The van der Waals surface area contributed by atoms with Gasteiger partial charge in [0.15, 0.2) is 0 Å². The number of carboxylic acids is 2. The molecule has 0 radical (unpaired) electrons. The smallest absolute Gasteiger partial charge is 0.331 e. The summed E-state index contributed by atoms with van der Waals surface area (Å²) in [6, 6.07) is 0. The van der Waals surface area contributed by atoms with E-state index in [0.717, 1.165) is 0 Å². The van der Waals surface area contributed by atoms with Crippen LogP contribution in [0.15, 0.2) is 0 Å². The first-order valence-electron chi connectivity index (χ1n) is 3.13. The second kappa shape index (κ2) is 4.32. The molecule has 0 saturated carbocycles. The maximum Gasteiger partial charge on any atom is 0.331 e. The van der Waals surface area contributed by atoms with E-state index < -0.39 is 23.8 Å². The second-order valence-corrected chi connectivity index (χ2v) is 1.86. The standard InChI is InChI=1S/C6H8O6/c1-2-12-6(11)3(4(7)8)5(9)10/h3H,2H2,1H3,(H,7,8)(H,9,10). The Morgan fingerprint density at radius 3 is 1.92 bits per heavy atom. The summed E-state index contributed by atoms with van der Waals surface area (Å²) in [4.78, 5) is 31.0. The number of rotatable bonds is 4. The van der Waals surface area contributed by atoms with Gasteiger partial charge < -0.3 is 14.9 Å². The van der Waals surface area contributed by atoms with Crippen molar-refractivity contribution in [1.29, 1.82) is 0 Å². The largest absolute Gasteiger partial charge is 0.480 e. The van der Waals surface area contributed by atoms with Crippen LogP contribution in [-0.4, -0.2) is 34.7 Å². The second-order valence-electron chi connectivity index (χ2n) is 1.86. The van der Waals surface area contributed by atoms with Crippen LogP contribution in [0.4, 0.5) is 0 Å². The highest BCUT2D eigenvalue weighted by molar-refractivity contribution is 6.11. The van der Waals surface area contributed by atoms with Crippen LogP contribution in [0.25, 0.3) is 0 Å². The van der Waals surface area contributed by atoms with Gasteiger partial charge in [0.1, 0.15) is 0 Å². The summed E-state index contributed by atoms with van der Waals surface area (Å²) in [5.41, 5.74) is 0. The van der Waals surface area contributed by atoms with Crippen molar-refractivity contribution in [2.45, 2.75) is 6.92 Å². The molecule has 68 valence electrons. The summed E-state index contributed by atoms with van der Waals surface area (Å²) in [6.45, 7) is 1.41. The first-order valence-corrected chi connectivity index (χ1v) is 3.13. The van der Waals surface area contributed by atoms with E-state index in [9.17, 15) is 14.4 Å². The summed E-state index contributed by atoms with van der Waals surface area (Å²) >= 11 is 0. The first kappa shape index (κ1) is 10.4. The Bertz CT molecular complexity index is 194. The zero-order chi connectivity index (χ0) is 9.72. The van der Waals surface area contributed by atoms with Gasteiger partial charge in [0, 0.05) is 0 Å². The molecule has 0 unspecified atom stereocenters. The minimum absolute atomic E-state index is 0.0457. The van der Waals surface area contributed by atoms with Crippen molar-refractivity contribution in [3.63, 3.8) is 0 Å². The van der Waals surface area contributed by atoms with Gasteiger partial charge in [-0.05, 0) is 6.92 Å². The lowest BCUT2D eigenvalue weighted by molar-refractivity contribution is -0.166. The van der Waals surface area contributed by atoms with Crippen molar-refractivity contribution in [3.8, 4) is 0 Å². The Hall–Kier alpha value is -1.59. The Kier molecular flexibility index (Phi) is 3.75. The van der Waals surface area contributed by atoms with Crippen molar-refractivity contribution < 1.29 is 29.3 Å². The molecule has 0 aromatic heterocycles. The fourth-order valence-corrected chi connectivity index (χ4v) is 0.533. The number of ether oxygens (including phenoxy) is 1. The predicted octanol–water partition coefficient (Wildman–Crippen LogP) is -0.665. The molecule has 0 rings (SSSR count). The number of carboxylic acid groups (broad SMARTS) is 2. The molecule has 0 fully saturated rings. The van der Waals surface area contributed by atoms with E-state index in [1.165, 1.54) is 6.92 Å². The summed E-state index contributed by atoms with van der Waals surface area (Å²) in [7, 11) is 0. The molecule has 0 spiro atoms. The average Bonchev–Trinajstić information content (AvgIpc) is 1.85. The van der Waals surface area contributed by atoms with Crippen LogP contribution in [0.1, 0.15) is 6.92 Å². The highest BCUT2D eigenvalue weighted by atomic mass is 16.5. The van der Waals surface area contributed by atoms with E-state index in [1.54, 1.807) is 0 Å². The molecule has 0 bridgehead atoms. The third-order valence-corrected chi connectivity index (χ3v) is 1.02. The fraction of sp³-hybridized carbons (Fsp3) is 0.500. The summed E-state index contributed by atoms with van der Waals surface area (Å²) < 4.78 is 4.23. The summed E-state index contributed by atoms with van der Waals surface area (Å²) in [5, 5.41) is 16.5. The van der Waals surface area contributed by atoms with E-state index in [1.807, 2.05) is 0 Å². The SMILES string of the molecule is CCOC(=O)C(C(=O)O)C(=O)O. The molecule has 0 aliphatic rings. The highest BCUT2D eigenvalue weighted by Crippen LogP contribution is 2.00. The molecule has 6 nitrogen and oxygen atoms in total. The van der Waals surface area contributed by atoms with Gasteiger partial charge in [-0.2, -0.15) is 0 Å². The topological polar surface area (TPSA) is 101 Å². The van der Waals surface area contributed by atoms with E-state index in [2.05, 4.69) is 4.74 Å². The van der Waals surface area contributed by atoms with E-state index in [-0.39, 0.29) is 6.61 Å². The summed E-state index contributed by atoms with van der Waals surface area (Å²) in [6.07, 6.45) is 0. The van der Waals surface area contributed by atoms with Gasteiger partial charge in [-0.1, -0.05) is 0 Å². The number of carbonyl (C=O) groups is 3. The quantitative estimate of drug-likeness (QED) is 0.435. The zero-order valence-corrected chi connectivity index (χ0v) is 6.31. The highest BCUT2D eigenvalue weighted by Gasteiger charge is 2.35. The lowest BCUT2D eigenvalue weighted by Crippen LogP contribution is -2.32. The van der Waals surface area contributed by atoms with Crippen LogP contribution in [0.2, 0.25) is 0 Å². The average molecular weight is 176 g/mol. The molecule has 0 aromatic carbocycles. The lowest BCUT2D eigenvalue weighted by atomic mass is 10.1. The zero-order valence-electron chi connectivity index (χ0n) is 6.31. The molecule has 0 aliphatic carbocycles. The van der Waals surface area contributed by atoms with Gasteiger partial charge >= 0.3 is 17.9 Å². The Labute approximate surface area is 67.8 Å². The summed E-state index contributed by atoms with van der Waals surface area (Å²) in [5.74, 6) is -6.82. The molecule has 12 heavy (non-hydrogen) atoms. The van der Waals surface area contributed by atoms with Crippen molar-refractivity contribution in [1.82, 2.24) is 0 Å². The van der Waals surface area contributed by atoms with Crippen LogP contribution >= 0.6 is 0 Å². The lowest BCUT2D eigenvalue weighted by Gasteiger charge is -2.05. The Morgan fingerprint density at radius 1 is 1.25 bits per heavy atom. The monoisotopic (exact) mass is 176 g/mol. The van der Waals surface area contributed by atoms with Gasteiger partial charge in [0.2, 0.25) is 5.92 Å². The predicted molar refractivity (Wildman–Crippen MR) is 35.4 cm³/mol. The van der Waals surface area contributed by atoms with Gasteiger partial charge in [-0.25, -0.2) is 0 Å². The van der Waals surface area contributed by atoms with Crippen molar-refractivity contribution in [2.75, 3.05) is 6.61 Å². The number of hydrogen-bond acceptors (Lipinski definition) is 4. The van der Waals surface area contributed by atoms with Crippen molar-refractivity contribution in [3.05, 3.63) is 0 Å². The molecule has 0 aromatic rings. The molecule has 6 heteroatoms. The maximum atomic E-state index is 10.6. The minimum atomic E-state index is -2.12. The third-order valence-electron chi connectivity index (χ3n) is 1.02. The molecule has 0 heterocycles. The van der Waals surface area contributed by atoms with E-state index >= 15 is 0 Å². The number of hydrogen-bond donors (Lipinski definition) is 2. The normalized spacial score (nSPS) is 9.50. The van der Waals surface area contributed by atoms with Gasteiger partial charge in [-0.3, -0.25) is 14.4 Å².